The third-order valence-corrected chi connectivity index (χ3v) is 7.80. The zero-order valence-electron chi connectivity index (χ0n) is 17.4. The molecule has 4 rings (SSSR count). The lowest BCUT2D eigenvalue weighted by atomic mass is 10.2. The molecule has 1 fully saturated rings. The van der Waals surface area contributed by atoms with Crippen LogP contribution < -0.4 is 10.2 Å². The van der Waals surface area contributed by atoms with Crippen molar-refractivity contribution in [2.75, 3.05) is 10.2 Å². The van der Waals surface area contributed by atoms with Gasteiger partial charge in [0.2, 0.25) is 11.8 Å². The monoisotopic (exact) mass is 533 g/mol. The van der Waals surface area contributed by atoms with Gasteiger partial charge < -0.3 is 5.32 Å². The van der Waals surface area contributed by atoms with Crippen LogP contribution in [-0.4, -0.2) is 30.6 Å². The fraction of sp³-hybridized carbons (Fsp3) is 0.0870. The van der Waals surface area contributed by atoms with Crippen LogP contribution in [0.15, 0.2) is 88.2 Å². The molecular formula is C23H17Cl2N3O4S2. The lowest BCUT2D eigenvalue weighted by molar-refractivity contribution is -0.121. The highest BCUT2D eigenvalue weighted by atomic mass is 35.5. The molecule has 3 aromatic rings. The standard InChI is InChI=1S/C23H17Cl2N3O4S2/c24-15-6-10-17(11-7-15)26-21(29)14-20-22(30)28(18-4-2-1-3-5-18)23(33-20)27-34(31,32)19-12-8-16(25)9-13-19/h1-13,20H,14H2,(H,26,29)/b27-23+. The smallest absolute Gasteiger partial charge is 0.284 e. The normalized spacial score (nSPS) is 17.2. The summed E-state index contributed by atoms with van der Waals surface area (Å²) in [6.07, 6.45) is -0.171. The molecule has 0 aliphatic carbocycles. The number of amides is 2. The van der Waals surface area contributed by atoms with E-state index in [9.17, 15) is 18.0 Å². The minimum atomic E-state index is -4.13. The highest BCUT2D eigenvalue weighted by Gasteiger charge is 2.41. The van der Waals surface area contributed by atoms with Crippen molar-refractivity contribution in [2.45, 2.75) is 16.6 Å². The third-order valence-electron chi connectivity index (χ3n) is 4.76. The maximum Gasteiger partial charge on any atom is 0.284 e. The van der Waals surface area contributed by atoms with E-state index in [0.29, 0.717) is 21.4 Å². The number of para-hydroxylation sites is 1. The number of sulfonamides is 1. The molecule has 1 N–H and O–H groups in total. The van der Waals surface area contributed by atoms with E-state index >= 15 is 0 Å². The molecule has 0 radical (unpaired) electrons. The molecular weight excluding hydrogens is 517 g/mol. The van der Waals surface area contributed by atoms with Gasteiger partial charge in [-0.25, -0.2) is 0 Å². The van der Waals surface area contributed by atoms with Gasteiger partial charge in [-0.3, -0.25) is 14.5 Å². The van der Waals surface area contributed by atoms with E-state index in [1.54, 1.807) is 54.6 Å². The van der Waals surface area contributed by atoms with Crippen LogP contribution in [0.5, 0.6) is 0 Å². The molecule has 3 aromatic carbocycles. The Morgan fingerprint density at radius 2 is 1.53 bits per heavy atom. The van der Waals surface area contributed by atoms with Crippen molar-refractivity contribution in [1.29, 1.82) is 0 Å². The number of hydrogen-bond donors (Lipinski definition) is 1. The van der Waals surface area contributed by atoms with Gasteiger partial charge in [-0.05, 0) is 60.7 Å². The number of thioether (sulfide) groups is 1. The Morgan fingerprint density at radius 1 is 0.941 bits per heavy atom. The van der Waals surface area contributed by atoms with E-state index in [2.05, 4.69) is 9.71 Å². The average molecular weight is 534 g/mol. The van der Waals surface area contributed by atoms with Crippen molar-refractivity contribution in [3.63, 3.8) is 0 Å². The minimum Gasteiger partial charge on any atom is -0.326 e. The van der Waals surface area contributed by atoms with Crippen molar-refractivity contribution in [1.82, 2.24) is 0 Å². The third kappa shape index (κ3) is 5.61. The maximum atomic E-state index is 13.2. The second kappa shape index (κ2) is 10.2. The SMILES string of the molecule is O=C(CC1S/C(=N/S(=O)(=O)c2ccc(Cl)cc2)N(c2ccccc2)C1=O)Nc1ccc(Cl)cc1. The summed E-state index contributed by atoms with van der Waals surface area (Å²) in [6.45, 7) is 0. The number of anilines is 2. The molecule has 2 amide bonds. The number of halogens is 2. The van der Waals surface area contributed by atoms with Crippen LogP contribution >= 0.6 is 35.0 Å². The van der Waals surface area contributed by atoms with Crippen LogP contribution in [0.4, 0.5) is 11.4 Å². The zero-order chi connectivity index (χ0) is 24.3. The fourth-order valence-corrected chi connectivity index (χ4v) is 5.74. The molecule has 1 unspecified atom stereocenters. The number of hydrogen-bond acceptors (Lipinski definition) is 5. The molecule has 7 nitrogen and oxygen atoms in total. The number of benzene rings is 3. The number of rotatable bonds is 6. The first-order valence-corrected chi connectivity index (χ1v) is 13.0. The molecule has 34 heavy (non-hydrogen) atoms. The van der Waals surface area contributed by atoms with Gasteiger partial charge >= 0.3 is 0 Å². The first kappa shape index (κ1) is 24.3. The van der Waals surface area contributed by atoms with Gasteiger partial charge in [-0.15, -0.1) is 4.40 Å². The van der Waals surface area contributed by atoms with Crippen molar-refractivity contribution >= 4 is 73.3 Å². The summed E-state index contributed by atoms with van der Waals surface area (Å²) in [5, 5.41) is 2.74. The second-order valence-electron chi connectivity index (χ2n) is 7.18. The number of carbonyl (C=O) groups is 2. The quantitative estimate of drug-likeness (QED) is 0.468. The number of nitrogens with one attached hydrogen (secondary N) is 1. The summed E-state index contributed by atoms with van der Waals surface area (Å²) in [5.41, 5.74) is 0.981. The summed E-state index contributed by atoms with van der Waals surface area (Å²) in [4.78, 5) is 27.0. The number of carbonyl (C=O) groups excluding carboxylic acids is 2. The van der Waals surface area contributed by atoms with Crippen LogP contribution in [0.3, 0.4) is 0 Å². The lowest BCUT2D eigenvalue weighted by Gasteiger charge is -2.16. The van der Waals surface area contributed by atoms with Crippen LogP contribution in [-0.2, 0) is 19.6 Å². The Balaban J connectivity index is 1.61. The van der Waals surface area contributed by atoms with E-state index in [-0.39, 0.29) is 16.5 Å². The van der Waals surface area contributed by atoms with Crippen molar-refractivity contribution in [3.8, 4) is 0 Å². The molecule has 1 saturated heterocycles. The minimum absolute atomic E-state index is 0.0320. The van der Waals surface area contributed by atoms with Gasteiger partial charge in [0.1, 0.15) is 5.25 Å². The van der Waals surface area contributed by atoms with Gasteiger partial charge in [0, 0.05) is 22.2 Å². The molecule has 1 atom stereocenters. The fourth-order valence-electron chi connectivity index (χ4n) is 3.15. The zero-order valence-corrected chi connectivity index (χ0v) is 20.5. The predicted octanol–water partition coefficient (Wildman–Crippen LogP) is 5.22. The largest absolute Gasteiger partial charge is 0.326 e. The van der Waals surface area contributed by atoms with Gasteiger partial charge in [0.05, 0.1) is 10.6 Å². The van der Waals surface area contributed by atoms with Gasteiger partial charge in [-0.2, -0.15) is 8.42 Å². The van der Waals surface area contributed by atoms with Crippen molar-refractivity contribution < 1.29 is 18.0 Å². The van der Waals surface area contributed by atoms with Crippen LogP contribution in [0.2, 0.25) is 10.0 Å². The molecule has 11 heteroatoms. The number of amidine groups is 1. The Labute approximate surface area is 210 Å². The Hall–Kier alpha value is -2.85. The molecule has 0 bridgehead atoms. The van der Waals surface area contributed by atoms with Crippen LogP contribution in [0, 0.1) is 0 Å². The summed E-state index contributed by atoms with van der Waals surface area (Å²) in [6, 6.07) is 20.7. The molecule has 0 spiro atoms. The molecule has 0 aromatic heterocycles. The van der Waals surface area contributed by atoms with Gasteiger partial charge in [0.25, 0.3) is 10.0 Å². The summed E-state index contributed by atoms with van der Waals surface area (Å²) in [7, 11) is -4.13. The maximum absolute atomic E-state index is 13.2. The topological polar surface area (TPSA) is 95.9 Å². The Morgan fingerprint density at radius 3 is 2.15 bits per heavy atom. The van der Waals surface area contributed by atoms with E-state index < -0.39 is 27.1 Å². The summed E-state index contributed by atoms with van der Waals surface area (Å²) < 4.78 is 29.8. The Bertz CT molecular complexity index is 1350. The van der Waals surface area contributed by atoms with Crippen molar-refractivity contribution in [2.24, 2.45) is 4.40 Å². The van der Waals surface area contributed by atoms with E-state index in [1.807, 2.05) is 0 Å². The van der Waals surface area contributed by atoms with E-state index in [4.69, 9.17) is 23.2 Å². The Kier molecular flexibility index (Phi) is 7.27. The predicted molar refractivity (Wildman–Crippen MR) is 136 cm³/mol. The van der Waals surface area contributed by atoms with Gasteiger partial charge in [-0.1, -0.05) is 53.2 Å². The summed E-state index contributed by atoms with van der Waals surface area (Å²) in [5.74, 6) is -0.837. The van der Waals surface area contributed by atoms with Crippen LogP contribution in [0.25, 0.3) is 0 Å². The van der Waals surface area contributed by atoms with E-state index in [0.717, 1.165) is 11.8 Å². The first-order chi connectivity index (χ1) is 16.2. The van der Waals surface area contributed by atoms with Gasteiger partial charge in [0.15, 0.2) is 5.17 Å². The molecule has 1 aliphatic rings. The highest BCUT2D eigenvalue weighted by molar-refractivity contribution is 8.16. The van der Waals surface area contributed by atoms with E-state index in [1.165, 1.54) is 29.2 Å². The summed E-state index contributed by atoms with van der Waals surface area (Å²) >= 11 is 12.6. The number of nitrogens with zero attached hydrogens (tertiary/aromatic N) is 2. The molecule has 0 saturated carbocycles. The second-order valence-corrected chi connectivity index (χ2v) is 10.8. The highest BCUT2D eigenvalue weighted by Crippen LogP contribution is 2.35. The molecule has 1 aliphatic heterocycles. The average Bonchev–Trinajstić information content (AvgIpc) is 3.10. The molecule has 174 valence electrons. The van der Waals surface area contributed by atoms with Crippen LogP contribution in [0.1, 0.15) is 6.42 Å². The lowest BCUT2D eigenvalue weighted by Crippen LogP contribution is -2.33. The molecule has 1 heterocycles. The first-order valence-electron chi connectivity index (χ1n) is 9.94. The van der Waals surface area contributed by atoms with Crippen molar-refractivity contribution in [3.05, 3.63) is 88.9 Å².